The maximum atomic E-state index is 5.58. The number of aromatic amines is 1. The summed E-state index contributed by atoms with van der Waals surface area (Å²) >= 11 is 0. The van der Waals surface area contributed by atoms with E-state index in [1.165, 1.54) is 0 Å². The topological polar surface area (TPSA) is 100 Å². The minimum absolute atomic E-state index is 0.290. The van der Waals surface area contributed by atoms with Gasteiger partial charge in [-0.05, 0) is 25.0 Å². The first-order valence-electron chi connectivity index (χ1n) is 7.86. The molecule has 0 radical (unpaired) electrons. The van der Waals surface area contributed by atoms with Crippen molar-refractivity contribution >= 4 is 5.96 Å². The number of furan rings is 1. The lowest BCUT2D eigenvalue weighted by Gasteiger charge is -2.14. The Kier molecular flexibility index (Phi) is 5.25. The van der Waals surface area contributed by atoms with Crippen molar-refractivity contribution in [2.75, 3.05) is 26.7 Å². The van der Waals surface area contributed by atoms with E-state index in [0.29, 0.717) is 30.7 Å². The summed E-state index contributed by atoms with van der Waals surface area (Å²) in [6.45, 7) is 2.35. The number of guanidine groups is 1. The minimum atomic E-state index is 0.290. The van der Waals surface area contributed by atoms with Gasteiger partial charge in [0.2, 0.25) is 5.82 Å². The lowest BCUT2D eigenvalue weighted by atomic mass is 10.2. The molecule has 1 aliphatic rings. The molecule has 23 heavy (non-hydrogen) atoms. The Hall–Kier alpha value is -2.35. The number of hydrogen-bond donors (Lipinski definition) is 3. The van der Waals surface area contributed by atoms with E-state index in [2.05, 4.69) is 30.8 Å². The van der Waals surface area contributed by atoms with Gasteiger partial charge in [0.15, 0.2) is 11.7 Å². The third-order valence-electron chi connectivity index (χ3n) is 3.67. The molecule has 8 nitrogen and oxygen atoms in total. The lowest BCUT2D eigenvalue weighted by molar-refractivity contribution is 0.114. The molecular formula is C15H22N6O2. The lowest BCUT2D eigenvalue weighted by Crippen LogP contribution is -2.41. The summed E-state index contributed by atoms with van der Waals surface area (Å²) < 4.78 is 10.9. The first-order chi connectivity index (χ1) is 11.3. The van der Waals surface area contributed by atoms with Crippen LogP contribution in [0.1, 0.15) is 18.7 Å². The van der Waals surface area contributed by atoms with Crippen molar-refractivity contribution in [2.24, 2.45) is 4.99 Å². The molecule has 1 fully saturated rings. The van der Waals surface area contributed by atoms with Gasteiger partial charge in [-0.2, -0.15) is 5.10 Å². The Morgan fingerprint density at radius 3 is 3.17 bits per heavy atom. The zero-order valence-electron chi connectivity index (χ0n) is 13.2. The van der Waals surface area contributed by atoms with Gasteiger partial charge in [0.05, 0.1) is 12.4 Å². The van der Waals surface area contributed by atoms with Gasteiger partial charge in [0.25, 0.3) is 0 Å². The number of ether oxygens (including phenoxy) is 1. The predicted octanol–water partition coefficient (Wildman–Crippen LogP) is 0.951. The first kappa shape index (κ1) is 15.5. The largest absolute Gasteiger partial charge is 0.461 e. The molecular weight excluding hydrogens is 296 g/mol. The van der Waals surface area contributed by atoms with E-state index in [9.17, 15) is 0 Å². The second-order valence-electron chi connectivity index (χ2n) is 5.35. The van der Waals surface area contributed by atoms with Gasteiger partial charge in [-0.25, -0.2) is 4.98 Å². The van der Waals surface area contributed by atoms with Gasteiger partial charge in [-0.3, -0.25) is 10.1 Å². The number of hydrogen-bond acceptors (Lipinski definition) is 5. The number of nitrogens with one attached hydrogen (secondary N) is 3. The molecule has 0 saturated carbocycles. The fourth-order valence-corrected chi connectivity index (χ4v) is 2.46. The highest BCUT2D eigenvalue weighted by Crippen LogP contribution is 2.14. The fourth-order valence-electron chi connectivity index (χ4n) is 2.46. The van der Waals surface area contributed by atoms with E-state index in [0.717, 1.165) is 37.8 Å². The molecule has 8 heteroatoms. The van der Waals surface area contributed by atoms with Crippen LogP contribution in [0.25, 0.3) is 11.6 Å². The van der Waals surface area contributed by atoms with Crippen LogP contribution in [-0.2, 0) is 11.2 Å². The molecule has 0 amide bonds. The monoisotopic (exact) mass is 318 g/mol. The molecule has 0 spiro atoms. The second kappa shape index (κ2) is 7.77. The Labute approximate surface area is 134 Å². The number of rotatable bonds is 6. The van der Waals surface area contributed by atoms with Crippen molar-refractivity contribution in [3.63, 3.8) is 0 Å². The Morgan fingerprint density at radius 2 is 2.43 bits per heavy atom. The summed E-state index contributed by atoms with van der Waals surface area (Å²) in [5, 5.41) is 13.6. The zero-order valence-corrected chi connectivity index (χ0v) is 13.2. The predicted molar refractivity (Wildman–Crippen MR) is 86.1 cm³/mol. The smallest absolute Gasteiger partial charge is 0.216 e. The van der Waals surface area contributed by atoms with E-state index in [4.69, 9.17) is 9.15 Å². The maximum Gasteiger partial charge on any atom is 0.216 e. The molecule has 3 heterocycles. The van der Waals surface area contributed by atoms with Crippen LogP contribution in [-0.4, -0.2) is 54.0 Å². The Balaban J connectivity index is 1.41. The molecule has 1 unspecified atom stereocenters. The van der Waals surface area contributed by atoms with Crippen LogP contribution < -0.4 is 10.6 Å². The summed E-state index contributed by atoms with van der Waals surface area (Å²) in [6.07, 6.45) is 4.86. The van der Waals surface area contributed by atoms with Gasteiger partial charge >= 0.3 is 0 Å². The molecule has 124 valence electrons. The van der Waals surface area contributed by atoms with Crippen molar-refractivity contribution in [3.05, 3.63) is 24.2 Å². The molecule has 1 saturated heterocycles. The molecule has 2 aromatic heterocycles. The second-order valence-corrected chi connectivity index (χ2v) is 5.35. The fraction of sp³-hybridized carbons (Fsp3) is 0.533. The molecule has 0 aromatic carbocycles. The highest BCUT2D eigenvalue weighted by Gasteiger charge is 2.15. The summed E-state index contributed by atoms with van der Waals surface area (Å²) in [5.41, 5.74) is 0. The van der Waals surface area contributed by atoms with E-state index in [1.807, 2.05) is 12.1 Å². The van der Waals surface area contributed by atoms with Crippen LogP contribution in [0.15, 0.2) is 27.8 Å². The van der Waals surface area contributed by atoms with Crippen LogP contribution in [0.2, 0.25) is 0 Å². The molecule has 1 aliphatic heterocycles. The third kappa shape index (κ3) is 4.32. The highest BCUT2D eigenvalue weighted by atomic mass is 16.5. The minimum Gasteiger partial charge on any atom is -0.461 e. The number of aromatic nitrogens is 3. The van der Waals surface area contributed by atoms with Crippen LogP contribution in [0, 0.1) is 0 Å². The number of aliphatic imine (C=N–C) groups is 1. The Morgan fingerprint density at radius 1 is 1.48 bits per heavy atom. The van der Waals surface area contributed by atoms with Crippen molar-refractivity contribution in [2.45, 2.75) is 25.4 Å². The molecule has 0 bridgehead atoms. The molecule has 2 aromatic rings. The zero-order chi connectivity index (χ0) is 15.9. The van der Waals surface area contributed by atoms with Gasteiger partial charge in [-0.15, -0.1) is 0 Å². The maximum absolute atomic E-state index is 5.58. The van der Waals surface area contributed by atoms with Gasteiger partial charge < -0.3 is 19.8 Å². The van der Waals surface area contributed by atoms with Crippen molar-refractivity contribution < 1.29 is 9.15 Å². The molecule has 1 atom stereocenters. The summed E-state index contributed by atoms with van der Waals surface area (Å²) in [7, 11) is 1.76. The SMILES string of the molecule is CN=C(NCCc1nc(-c2ccco2)n[nH]1)NCC1CCCO1. The van der Waals surface area contributed by atoms with Gasteiger partial charge in [-0.1, -0.05) is 0 Å². The van der Waals surface area contributed by atoms with Gasteiger partial charge in [0.1, 0.15) is 5.82 Å². The summed E-state index contributed by atoms with van der Waals surface area (Å²) in [4.78, 5) is 8.61. The van der Waals surface area contributed by atoms with Crippen LogP contribution in [0.3, 0.4) is 0 Å². The normalized spacial score (nSPS) is 18.3. The third-order valence-corrected chi connectivity index (χ3v) is 3.67. The van der Waals surface area contributed by atoms with E-state index in [-0.39, 0.29) is 0 Å². The quantitative estimate of drug-likeness (QED) is 0.542. The van der Waals surface area contributed by atoms with Gasteiger partial charge in [0, 0.05) is 33.2 Å². The standard InChI is InChI=1S/C15H22N6O2/c1-16-15(18-10-11-4-2-8-22-11)17-7-6-13-19-14(21-20-13)12-5-3-9-23-12/h3,5,9,11H,2,4,6-8,10H2,1H3,(H2,16,17,18)(H,19,20,21). The van der Waals surface area contributed by atoms with Crippen molar-refractivity contribution in [1.29, 1.82) is 0 Å². The molecule has 0 aliphatic carbocycles. The van der Waals surface area contributed by atoms with Crippen molar-refractivity contribution in [3.8, 4) is 11.6 Å². The summed E-state index contributed by atoms with van der Waals surface area (Å²) in [6, 6.07) is 3.65. The number of H-pyrrole nitrogens is 1. The first-order valence-corrected chi connectivity index (χ1v) is 7.86. The van der Waals surface area contributed by atoms with E-state index < -0.39 is 0 Å². The van der Waals surface area contributed by atoms with E-state index >= 15 is 0 Å². The average Bonchev–Trinajstić information content (AvgIpc) is 3.32. The molecule has 3 rings (SSSR count). The Bertz CT molecular complexity index is 616. The average molecular weight is 318 g/mol. The number of nitrogens with zero attached hydrogens (tertiary/aromatic N) is 3. The summed E-state index contributed by atoms with van der Waals surface area (Å²) in [5.74, 6) is 2.81. The highest BCUT2D eigenvalue weighted by molar-refractivity contribution is 5.79. The molecule has 3 N–H and O–H groups in total. The van der Waals surface area contributed by atoms with Crippen LogP contribution in [0.4, 0.5) is 0 Å². The van der Waals surface area contributed by atoms with Crippen molar-refractivity contribution in [1.82, 2.24) is 25.8 Å². The van der Waals surface area contributed by atoms with Crippen LogP contribution in [0.5, 0.6) is 0 Å². The van der Waals surface area contributed by atoms with Crippen LogP contribution >= 0.6 is 0 Å². The van der Waals surface area contributed by atoms with E-state index in [1.54, 1.807) is 13.3 Å².